The maximum Gasteiger partial charge on any atom is 0.247 e. The van der Waals surface area contributed by atoms with Gasteiger partial charge in [-0.1, -0.05) is 6.07 Å². The van der Waals surface area contributed by atoms with Gasteiger partial charge in [0.1, 0.15) is 5.75 Å². The van der Waals surface area contributed by atoms with Crippen molar-refractivity contribution in [2.24, 2.45) is 0 Å². The van der Waals surface area contributed by atoms with Crippen LogP contribution < -0.4 is 10.1 Å². The molecule has 1 aliphatic rings. The number of methoxy groups -OCH3 is 1. The average Bonchev–Trinajstić information content (AvgIpc) is 2.98. The number of aromatic nitrogens is 2. The number of rotatable bonds is 3. The molecule has 100 valence electrons. The molecule has 1 saturated heterocycles. The Morgan fingerprint density at radius 1 is 1.26 bits per heavy atom. The second kappa shape index (κ2) is 5.40. The molecule has 0 radical (unpaired) electrons. The van der Waals surface area contributed by atoms with Crippen LogP contribution in [0.1, 0.15) is 24.7 Å². The molecule has 1 aromatic carbocycles. The zero-order valence-corrected chi connectivity index (χ0v) is 10.9. The van der Waals surface area contributed by atoms with Crippen molar-refractivity contribution in [3.8, 4) is 17.2 Å². The summed E-state index contributed by atoms with van der Waals surface area (Å²) in [4.78, 5) is 0. The van der Waals surface area contributed by atoms with E-state index in [2.05, 4.69) is 15.5 Å². The summed E-state index contributed by atoms with van der Waals surface area (Å²) in [5.74, 6) is 2.49. The molecular weight excluding hydrogens is 242 g/mol. The Bertz CT molecular complexity index is 547. The molecule has 5 heteroatoms. The van der Waals surface area contributed by atoms with Crippen LogP contribution in [-0.4, -0.2) is 30.4 Å². The molecule has 5 nitrogen and oxygen atoms in total. The zero-order valence-electron chi connectivity index (χ0n) is 10.9. The van der Waals surface area contributed by atoms with Crippen molar-refractivity contribution < 1.29 is 9.15 Å². The first kappa shape index (κ1) is 12.2. The number of nitrogens with zero attached hydrogens (tertiary/aromatic N) is 2. The van der Waals surface area contributed by atoms with E-state index in [0.717, 1.165) is 43.1 Å². The average molecular weight is 259 g/mol. The first-order valence-electron chi connectivity index (χ1n) is 6.55. The Labute approximate surface area is 112 Å². The van der Waals surface area contributed by atoms with Gasteiger partial charge in [-0.3, -0.25) is 0 Å². The highest BCUT2D eigenvalue weighted by molar-refractivity contribution is 5.55. The van der Waals surface area contributed by atoms with E-state index in [0.29, 0.717) is 11.8 Å². The molecule has 2 heterocycles. The van der Waals surface area contributed by atoms with Gasteiger partial charge in [-0.2, -0.15) is 0 Å². The van der Waals surface area contributed by atoms with E-state index in [-0.39, 0.29) is 0 Å². The molecule has 1 aromatic heterocycles. The van der Waals surface area contributed by atoms with Crippen LogP contribution in [0.5, 0.6) is 5.75 Å². The normalized spacial score (nSPS) is 16.5. The molecule has 0 spiro atoms. The predicted octanol–water partition coefficient (Wildman–Crippen LogP) is 2.21. The summed E-state index contributed by atoms with van der Waals surface area (Å²) in [7, 11) is 1.65. The maximum atomic E-state index is 5.80. The Morgan fingerprint density at radius 2 is 2.11 bits per heavy atom. The van der Waals surface area contributed by atoms with Crippen LogP contribution in [0.2, 0.25) is 0 Å². The highest BCUT2D eigenvalue weighted by atomic mass is 16.5. The zero-order chi connectivity index (χ0) is 13.1. The second-order valence-electron chi connectivity index (χ2n) is 4.70. The summed E-state index contributed by atoms with van der Waals surface area (Å²) in [5.41, 5.74) is 0.895. The number of hydrogen-bond acceptors (Lipinski definition) is 5. The SMILES string of the molecule is COc1cccc(-c2nnc(C3CCNCC3)o2)c1. The number of ether oxygens (including phenoxy) is 1. The predicted molar refractivity (Wildman–Crippen MR) is 71.1 cm³/mol. The largest absolute Gasteiger partial charge is 0.497 e. The standard InChI is InChI=1S/C14H17N3O2/c1-18-12-4-2-3-11(9-12)14-17-16-13(19-14)10-5-7-15-8-6-10/h2-4,9-10,15H,5-8H2,1H3. The third-order valence-corrected chi connectivity index (χ3v) is 3.45. The molecule has 1 aliphatic heterocycles. The number of piperidine rings is 1. The van der Waals surface area contributed by atoms with Crippen LogP contribution in [0.4, 0.5) is 0 Å². The van der Waals surface area contributed by atoms with Crippen molar-refractivity contribution in [3.63, 3.8) is 0 Å². The van der Waals surface area contributed by atoms with Crippen LogP contribution in [-0.2, 0) is 0 Å². The van der Waals surface area contributed by atoms with Crippen LogP contribution >= 0.6 is 0 Å². The highest BCUT2D eigenvalue weighted by Gasteiger charge is 2.21. The van der Waals surface area contributed by atoms with Gasteiger partial charge in [-0.05, 0) is 44.1 Å². The Hall–Kier alpha value is -1.88. The molecule has 0 aliphatic carbocycles. The van der Waals surface area contributed by atoms with E-state index in [1.807, 2.05) is 24.3 Å². The summed E-state index contributed by atoms with van der Waals surface area (Å²) >= 11 is 0. The summed E-state index contributed by atoms with van der Waals surface area (Å²) in [6.45, 7) is 2.03. The molecule has 0 saturated carbocycles. The molecule has 0 amide bonds. The second-order valence-corrected chi connectivity index (χ2v) is 4.70. The van der Waals surface area contributed by atoms with Crippen LogP contribution in [0.25, 0.3) is 11.5 Å². The molecule has 0 atom stereocenters. The third-order valence-electron chi connectivity index (χ3n) is 3.45. The van der Waals surface area contributed by atoms with E-state index in [9.17, 15) is 0 Å². The van der Waals surface area contributed by atoms with Gasteiger partial charge in [-0.25, -0.2) is 0 Å². The highest BCUT2D eigenvalue weighted by Crippen LogP contribution is 2.28. The fourth-order valence-electron chi connectivity index (χ4n) is 2.34. The van der Waals surface area contributed by atoms with E-state index in [1.54, 1.807) is 7.11 Å². The number of benzene rings is 1. The van der Waals surface area contributed by atoms with E-state index in [4.69, 9.17) is 9.15 Å². The number of nitrogens with one attached hydrogen (secondary N) is 1. The topological polar surface area (TPSA) is 60.2 Å². The molecule has 0 bridgehead atoms. The van der Waals surface area contributed by atoms with Gasteiger partial charge in [0.15, 0.2) is 0 Å². The van der Waals surface area contributed by atoms with E-state index >= 15 is 0 Å². The van der Waals surface area contributed by atoms with Crippen molar-refractivity contribution in [1.82, 2.24) is 15.5 Å². The summed E-state index contributed by atoms with van der Waals surface area (Å²) < 4.78 is 11.0. The lowest BCUT2D eigenvalue weighted by atomic mass is 9.98. The van der Waals surface area contributed by atoms with Crippen molar-refractivity contribution in [1.29, 1.82) is 0 Å². The quantitative estimate of drug-likeness (QED) is 0.915. The van der Waals surface area contributed by atoms with Crippen LogP contribution in [0, 0.1) is 0 Å². The number of hydrogen-bond donors (Lipinski definition) is 1. The first-order valence-corrected chi connectivity index (χ1v) is 6.55. The fraction of sp³-hybridized carbons (Fsp3) is 0.429. The lowest BCUT2D eigenvalue weighted by Gasteiger charge is -2.18. The Balaban J connectivity index is 1.83. The molecule has 3 rings (SSSR count). The van der Waals surface area contributed by atoms with Crippen molar-refractivity contribution in [2.75, 3.05) is 20.2 Å². The van der Waals surface area contributed by atoms with Gasteiger partial charge in [0.2, 0.25) is 11.8 Å². The minimum atomic E-state index is 0.383. The van der Waals surface area contributed by atoms with Gasteiger partial charge < -0.3 is 14.5 Å². The van der Waals surface area contributed by atoms with Gasteiger partial charge in [-0.15, -0.1) is 10.2 Å². The molecule has 1 N–H and O–H groups in total. The minimum Gasteiger partial charge on any atom is -0.497 e. The Kier molecular flexibility index (Phi) is 3.46. The summed E-state index contributed by atoms with van der Waals surface area (Å²) in [6, 6.07) is 7.66. The summed E-state index contributed by atoms with van der Waals surface area (Å²) in [5, 5.41) is 11.7. The molecule has 19 heavy (non-hydrogen) atoms. The van der Waals surface area contributed by atoms with Gasteiger partial charge >= 0.3 is 0 Å². The molecule has 0 unspecified atom stereocenters. The van der Waals surface area contributed by atoms with Crippen LogP contribution in [0.15, 0.2) is 28.7 Å². The molecule has 2 aromatic rings. The lowest BCUT2D eigenvalue weighted by molar-refractivity contribution is 0.378. The fourth-order valence-corrected chi connectivity index (χ4v) is 2.34. The van der Waals surface area contributed by atoms with Gasteiger partial charge in [0.05, 0.1) is 7.11 Å². The van der Waals surface area contributed by atoms with Gasteiger partial charge in [0, 0.05) is 11.5 Å². The van der Waals surface area contributed by atoms with Crippen molar-refractivity contribution in [2.45, 2.75) is 18.8 Å². The maximum absolute atomic E-state index is 5.80. The Morgan fingerprint density at radius 3 is 2.89 bits per heavy atom. The van der Waals surface area contributed by atoms with E-state index in [1.165, 1.54) is 0 Å². The first-order chi connectivity index (χ1) is 9.36. The van der Waals surface area contributed by atoms with E-state index < -0.39 is 0 Å². The molecular formula is C14H17N3O2. The van der Waals surface area contributed by atoms with Gasteiger partial charge in [0.25, 0.3) is 0 Å². The summed E-state index contributed by atoms with van der Waals surface area (Å²) in [6.07, 6.45) is 2.11. The van der Waals surface area contributed by atoms with Crippen LogP contribution in [0.3, 0.4) is 0 Å². The minimum absolute atomic E-state index is 0.383. The molecule has 1 fully saturated rings. The van der Waals surface area contributed by atoms with Crippen molar-refractivity contribution >= 4 is 0 Å². The monoisotopic (exact) mass is 259 g/mol. The third kappa shape index (κ3) is 2.61. The lowest BCUT2D eigenvalue weighted by Crippen LogP contribution is -2.26. The smallest absolute Gasteiger partial charge is 0.247 e. The van der Waals surface area contributed by atoms with Crippen molar-refractivity contribution in [3.05, 3.63) is 30.2 Å².